The number of carboxylic acids is 1. The molecule has 366 valence electrons. The Morgan fingerprint density at radius 3 is 1.01 bits per heavy atom. The van der Waals surface area contributed by atoms with Crippen molar-refractivity contribution in [2.45, 2.75) is 57.8 Å². The van der Waals surface area contributed by atoms with E-state index in [0.29, 0.717) is 4.88 Å². The molecule has 0 radical (unpaired) electrons. The van der Waals surface area contributed by atoms with Gasteiger partial charge in [0, 0.05) is 9.75 Å². The van der Waals surface area contributed by atoms with E-state index in [1.165, 1.54) is 95.5 Å². The van der Waals surface area contributed by atoms with Crippen LogP contribution >= 0.6 is 11.3 Å². The van der Waals surface area contributed by atoms with E-state index in [4.69, 9.17) is 0 Å². The van der Waals surface area contributed by atoms with Gasteiger partial charge in [-0.3, -0.25) is 0 Å². The Morgan fingerprint density at radius 2 is 0.724 bits per heavy atom. The van der Waals surface area contributed by atoms with E-state index in [1.54, 1.807) is 0 Å². The number of nitriles is 1. The van der Waals surface area contributed by atoms with Crippen LogP contribution in [0.25, 0.3) is 16.5 Å². The molecule has 10 aromatic rings. The molecule has 13 rings (SSSR count). The molecule has 0 saturated carbocycles. The number of anilines is 3. The number of nitrogens with zero attached hydrogens (tertiary/aromatic N) is 2. The van der Waals surface area contributed by atoms with Crippen molar-refractivity contribution in [2.24, 2.45) is 0 Å². The standard InChI is InChI=1S/C71H54N2O2S/c1-43-13-25-51(26-14-43)69(52-27-15-44(2)16-28-52)58-9-7-11-60-65(58)73-66-59(69)10-8-12-61(66)71(55-33-21-47(5)22-34-55,56-35-23-48(6)24-36-56)63-41-49(64-38-37-57(76-64)39-50(42-72)68(74)75)40-62(67(63)73)70(60,53-29-17-45(3)18-30-53)54-31-19-46(4)20-32-54/h7-41H,1-6H3,(H,74,75)/b50-39+. The summed E-state index contributed by atoms with van der Waals surface area (Å²) in [5.41, 5.74) is 22.9. The Kier molecular flexibility index (Phi) is 10.7. The van der Waals surface area contributed by atoms with E-state index in [-0.39, 0.29) is 5.57 Å². The minimum Gasteiger partial charge on any atom is -0.477 e. The molecule has 3 aliphatic rings. The van der Waals surface area contributed by atoms with Crippen molar-refractivity contribution < 1.29 is 9.90 Å². The first-order valence-electron chi connectivity index (χ1n) is 26.0. The van der Waals surface area contributed by atoms with Crippen LogP contribution in [0.5, 0.6) is 0 Å². The van der Waals surface area contributed by atoms with Crippen LogP contribution in [-0.4, -0.2) is 11.1 Å². The van der Waals surface area contributed by atoms with Crippen molar-refractivity contribution in [3.05, 3.63) is 317 Å². The van der Waals surface area contributed by atoms with Crippen molar-refractivity contribution in [2.75, 3.05) is 4.90 Å². The fraction of sp³-hybridized carbons (Fsp3) is 0.127. The first-order valence-corrected chi connectivity index (χ1v) is 26.9. The first-order chi connectivity index (χ1) is 36.9. The molecule has 0 fully saturated rings. The zero-order chi connectivity index (χ0) is 52.3. The molecule has 4 nitrogen and oxygen atoms in total. The Morgan fingerprint density at radius 1 is 0.434 bits per heavy atom. The summed E-state index contributed by atoms with van der Waals surface area (Å²) in [6.07, 6.45) is 1.49. The normalized spacial score (nSPS) is 14.9. The predicted molar refractivity (Wildman–Crippen MR) is 310 cm³/mol. The lowest BCUT2D eigenvalue weighted by atomic mass is 9.52. The molecule has 5 heteroatoms. The summed E-state index contributed by atoms with van der Waals surface area (Å²) in [5.74, 6) is -1.25. The Labute approximate surface area is 449 Å². The quantitative estimate of drug-likeness (QED) is 0.116. The third-order valence-electron chi connectivity index (χ3n) is 16.7. The molecule has 0 bridgehead atoms. The van der Waals surface area contributed by atoms with E-state index in [9.17, 15) is 15.2 Å². The van der Waals surface area contributed by atoms with Crippen LogP contribution in [0, 0.1) is 52.9 Å². The van der Waals surface area contributed by atoms with Gasteiger partial charge in [-0.05, 0) is 144 Å². The van der Waals surface area contributed by atoms with Gasteiger partial charge in [-0.15, -0.1) is 11.3 Å². The molecule has 0 saturated heterocycles. The zero-order valence-corrected chi connectivity index (χ0v) is 44.2. The molecule has 76 heavy (non-hydrogen) atoms. The summed E-state index contributed by atoms with van der Waals surface area (Å²) in [7, 11) is 0. The maximum atomic E-state index is 12.2. The number of hydrogen-bond acceptors (Lipinski definition) is 4. The molecule has 1 N–H and O–H groups in total. The maximum Gasteiger partial charge on any atom is 0.346 e. The molecular weight excluding hydrogens is 945 g/mol. The summed E-state index contributed by atoms with van der Waals surface area (Å²) < 4.78 is 0. The lowest BCUT2D eigenvalue weighted by Crippen LogP contribution is -2.49. The molecule has 9 aromatic carbocycles. The number of para-hydroxylation sites is 2. The monoisotopic (exact) mass is 998 g/mol. The van der Waals surface area contributed by atoms with Crippen molar-refractivity contribution in [1.82, 2.24) is 0 Å². The number of carboxylic acid groups (broad SMARTS) is 1. The highest BCUT2D eigenvalue weighted by Crippen LogP contribution is 2.72. The van der Waals surface area contributed by atoms with Crippen LogP contribution in [0.15, 0.2) is 212 Å². The maximum absolute atomic E-state index is 12.2. The number of hydrogen-bond donors (Lipinski definition) is 1. The fourth-order valence-corrected chi connectivity index (χ4v) is 14.1. The smallest absolute Gasteiger partial charge is 0.346 e. The van der Waals surface area contributed by atoms with Crippen LogP contribution in [0.2, 0.25) is 0 Å². The largest absolute Gasteiger partial charge is 0.477 e. The van der Waals surface area contributed by atoms with Gasteiger partial charge in [0.1, 0.15) is 11.6 Å². The van der Waals surface area contributed by atoms with Crippen LogP contribution in [0.3, 0.4) is 0 Å². The average molecular weight is 999 g/mol. The summed E-state index contributed by atoms with van der Waals surface area (Å²) in [4.78, 5) is 16.5. The number of rotatable bonds is 9. The van der Waals surface area contributed by atoms with Gasteiger partial charge < -0.3 is 10.0 Å². The second-order valence-electron chi connectivity index (χ2n) is 21.3. The number of aliphatic carboxylic acids is 1. The second kappa shape index (κ2) is 17.4. The Bertz CT molecular complexity index is 3750. The number of benzene rings is 9. The molecule has 0 aliphatic carbocycles. The molecule has 3 aliphatic heterocycles. The van der Waals surface area contributed by atoms with Crippen LogP contribution in [0.4, 0.5) is 17.1 Å². The summed E-state index contributed by atoms with van der Waals surface area (Å²) in [6, 6.07) is 80.4. The van der Waals surface area contributed by atoms with Gasteiger partial charge in [0.05, 0.1) is 33.3 Å². The van der Waals surface area contributed by atoms with Gasteiger partial charge in [0.15, 0.2) is 0 Å². The minimum absolute atomic E-state index is 0.304. The SMILES string of the molecule is Cc1ccc(C2(c3ccc(C)cc3)c3cccc4c3N3c5c2cccc5C(c2ccc(C)cc2)(c2ccc(C)cc2)c2cc(-c5ccc(/C=C(\C#N)C(=O)O)s5)cc(c23)C4(c2ccc(C)cc2)c2ccc(C)cc2)cc1. The molecule has 0 spiro atoms. The van der Waals surface area contributed by atoms with Gasteiger partial charge in [-0.25, -0.2) is 4.79 Å². The van der Waals surface area contributed by atoms with Gasteiger partial charge in [0.25, 0.3) is 0 Å². The lowest BCUT2D eigenvalue weighted by molar-refractivity contribution is -0.132. The average Bonchev–Trinajstić information content (AvgIpc) is 2.78. The molecule has 0 amide bonds. The third-order valence-corrected chi connectivity index (χ3v) is 17.8. The molecule has 4 heterocycles. The van der Waals surface area contributed by atoms with E-state index in [0.717, 1.165) is 49.5 Å². The topological polar surface area (TPSA) is 64.3 Å². The molecule has 0 atom stereocenters. The van der Waals surface area contributed by atoms with E-state index >= 15 is 0 Å². The van der Waals surface area contributed by atoms with Crippen LogP contribution in [-0.2, 0) is 21.0 Å². The van der Waals surface area contributed by atoms with Gasteiger partial charge >= 0.3 is 5.97 Å². The van der Waals surface area contributed by atoms with Crippen molar-refractivity contribution in [3.8, 4) is 16.5 Å². The van der Waals surface area contributed by atoms with E-state index in [1.807, 2.05) is 12.1 Å². The molecule has 1 aromatic heterocycles. The highest BCUT2D eigenvalue weighted by Gasteiger charge is 2.60. The second-order valence-corrected chi connectivity index (χ2v) is 22.4. The van der Waals surface area contributed by atoms with E-state index in [2.05, 4.69) is 247 Å². The lowest BCUT2D eigenvalue weighted by Gasteiger charge is -2.58. The summed E-state index contributed by atoms with van der Waals surface area (Å²) in [6.45, 7) is 13.0. The highest BCUT2D eigenvalue weighted by atomic mass is 32.1. The summed E-state index contributed by atoms with van der Waals surface area (Å²) >= 11 is 1.50. The molecular formula is C71H54N2O2S. The van der Waals surface area contributed by atoms with Gasteiger partial charge in [-0.1, -0.05) is 215 Å². The van der Waals surface area contributed by atoms with E-state index < -0.39 is 22.2 Å². The van der Waals surface area contributed by atoms with Gasteiger partial charge in [-0.2, -0.15) is 5.26 Å². The van der Waals surface area contributed by atoms with Crippen LogP contribution in [0.1, 0.15) is 105 Å². The first kappa shape index (κ1) is 46.9. The number of aryl methyl sites for hydroxylation is 6. The third kappa shape index (κ3) is 6.57. The molecule has 0 unspecified atom stereocenters. The fourth-order valence-electron chi connectivity index (χ4n) is 13.2. The minimum atomic E-state index is -1.25. The van der Waals surface area contributed by atoms with Crippen molar-refractivity contribution in [1.29, 1.82) is 5.26 Å². The predicted octanol–water partition coefficient (Wildman–Crippen LogP) is 16.8. The highest BCUT2D eigenvalue weighted by molar-refractivity contribution is 7.16. The van der Waals surface area contributed by atoms with Crippen LogP contribution < -0.4 is 4.90 Å². The van der Waals surface area contributed by atoms with Gasteiger partial charge in [0.2, 0.25) is 0 Å². The van der Waals surface area contributed by atoms with Crippen molar-refractivity contribution in [3.63, 3.8) is 0 Å². The number of thiophene rings is 1. The Hall–Kier alpha value is -8.82. The Balaban J connectivity index is 1.31. The zero-order valence-electron chi connectivity index (χ0n) is 43.4. The summed E-state index contributed by atoms with van der Waals surface area (Å²) in [5, 5.41) is 19.9. The number of carbonyl (C=O) groups is 1. The van der Waals surface area contributed by atoms with Crippen molar-refractivity contribution >= 4 is 40.4 Å².